The van der Waals surface area contributed by atoms with E-state index >= 15 is 0 Å². The number of nitrogens with zero attached hydrogens (tertiary/aromatic N) is 3. The number of hydrogen-bond donors (Lipinski definition) is 2. The first kappa shape index (κ1) is 16.3. The lowest BCUT2D eigenvalue weighted by Crippen LogP contribution is -2.32. The molecule has 1 aromatic carbocycles. The van der Waals surface area contributed by atoms with Crippen molar-refractivity contribution in [1.29, 1.82) is 0 Å². The van der Waals surface area contributed by atoms with Crippen LogP contribution in [0.5, 0.6) is 5.75 Å². The Balaban J connectivity index is 1.38. The zero-order valence-electron chi connectivity index (χ0n) is 14.2. The van der Waals surface area contributed by atoms with Gasteiger partial charge in [-0.15, -0.1) is 0 Å². The minimum absolute atomic E-state index is 0.00663. The van der Waals surface area contributed by atoms with Crippen molar-refractivity contribution in [2.24, 2.45) is 5.92 Å². The van der Waals surface area contributed by atoms with Crippen LogP contribution in [0.4, 0.5) is 0 Å². The Morgan fingerprint density at radius 2 is 2.08 bits per heavy atom. The molecule has 2 N–H and O–H groups in total. The van der Waals surface area contributed by atoms with Gasteiger partial charge in [-0.2, -0.15) is 5.10 Å². The maximum Gasteiger partial charge on any atom is 0.223 e. The van der Waals surface area contributed by atoms with Crippen LogP contribution in [0, 0.1) is 5.92 Å². The van der Waals surface area contributed by atoms with Gasteiger partial charge in [-0.3, -0.25) is 14.9 Å². The van der Waals surface area contributed by atoms with Crippen molar-refractivity contribution in [3.05, 3.63) is 60.2 Å². The number of nitrogens with one attached hydrogen (secondary N) is 2. The highest BCUT2D eigenvalue weighted by Crippen LogP contribution is 2.26. The molecule has 7 nitrogen and oxygen atoms in total. The summed E-state index contributed by atoms with van der Waals surface area (Å²) in [6.07, 6.45) is 4.76. The first-order chi connectivity index (χ1) is 12.8. The van der Waals surface area contributed by atoms with Crippen LogP contribution in [0.15, 0.2) is 48.8 Å². The van der Waals surface area contributed by atoms with E-state index in [0.29, 0.717) is 37.6 Å². The Morgan fingerprint density at radius 1 is 1.23 bits per heavy atom. The molecule has 7 heteroatoms. The number of fused-ring (bicyclic) bond motifs is 1. The van der Waals surface area contributed by atoms with Gasteiger partial charge in [-0.25, -0.2) is 4.98 Å². The summed E-state index contributed by atoms with van der Waals surface area (Å²) in [5.41, 5.74) is 1.95. The van der Waals surface area contributed by atoms with E-state index in [1.807, 2.05) is 36.4 Å². The number of aromatic amines is 1. The van der Waals surface area contributed by atoms with Crippen LogP contribution in [-0.4, -0.2) is 32.7 Å². The quantitative estimate of drug-likeness (QED) is 0.753. The van der Waals surface area contributed by atoms with Gasteiger partial charge in [0.2, 0.25) is 5.91 Å². The van der Waals surface area contributed by atoms with Crippen LogP contribution in [0.25, 0.3) is 11.4 Å². The van der Waals surface area contributed by atoms with Crippen LogP contribution in [0.3, 0.4) is 0 Å². The zero-order chi connectivity index (χ0) is 17.8. The minimum Gasteiger partial charge on any atom is -0.493 e. The van der Waals surface area contributed by atoms with E-state index in [-0.39, 0.29) is 11.8 Å². The maximum absolute atomic E-state index is 12.6. The fourth-order valence-corrected chi connectivity index (χ4v) is 3.04. The summed E-state index contributed by atoms with van der Waals surface area (Å²) < 4.78 is 5.73. The van der Waals surface area contributed by atoms with Gasteiger partial charge in [0.15, 0.2) is 5.82 Å². The molecule has 1 aliphatic heterocycles. The number of hydrogen-bond acceptors (Lipinski definition) is 5. The number of amides is 1. The lowest BCUT2D eigenvalue weighted by atomic mass is 9.96. The molecule has 1 aliphatic rings. The maximum atomic E-state index is 12.6. The lowest BCUT2D eigenvalue weighted by Gasteiger charge is -2.13. The summed E-state index contributed by atoms with van der Waals surface area (Å²) >= 11 is 0. The highest BCUT2D eigenvalue weighted by atomic mass is 16.5. The first-order valence-corrected chi connectivity index (χ1v) is 8.59. The molecule has 0 fully saturated rings. The number of pyridine rings is 1. The number of carbonyl (C=O) groups is 1. The molecule has 1 atom stereocenters. The Morgan fingerprint density at radius 3 is 2.96 bits per heavy atom. The monoisotopic (exact) mass is 349 g/mol. The highest BCUT2D eigenvalue weighted by molar-refractivity contribution is 5.79. The minimum atomic E-state index is -0.110. The predicted molar refractivity (Wildman–Crippen MR) is 95.2 cm³/mol. The Bertz CT molecular complexity index is 894. The van der Waals surface area contributed by atoms with Gasteiger partial charge in [-0.1, -0.05) is 18.2 Å². The van der Waals surface area contributed by atoms with Crippen LogP contribution in [0.1, 0.15) is 17.8 Å². The summed E-state index contributed by atoms with van der Waals surface area (Å²) in [6.45, 7) is 0.861. The third kappa shape index (κ3) is 3.56. The highest BCUT2D eigenvalue weighted by Gasteiger charge is 2.23. The van der Waals surface area contributed by atoms with Gasteiger partial charge in [0.1, 0.15) is 11.6 Å². The third-order valence-electron chi connectivity index (χ3n) is 4.43. The largest absolute Gasteiger partial charge is 0.493 e. The molecule has 132 valence electrons. The first-order valence-electron chi connectivity index (χ1n) is 8.59. The second kappa shape index (κ2) is 7.35. The van der Waals surface area contributed by atoms with E-state index in [4.69, 9.17) is 4.74 Å². The Labute approximate surface area is 150 Å². The number of benzene rings is 1. The van der Waals surface area contributed by atoms with E-state index in [9.17, 15) is 4.79 Å². The van der Waals surface area contributed by atoms with E-state index in [1.54, 1.807) is 12.4 Å². The van der Waals surface area contributed by atoms with E-state index < -0.39 is 0 Å². The molecule has 0 unspecified atom stereocenters. The summed E-state index contributed by atoms with van der Waals surface area (Å²) in [7, 11) is 0. The SMILES string of the molecule is O=C(NCc1nc(-c2ccncc2)n[nH]1)[C@H]1CCOc2ccccc2C1. The predicted octanol–water partition coefficient (Wildman–Crippen LogP) is 2.12. The molecular formula is C19H19N5O2. The number of para-hydroxylation sites is 1. The van der Waals surface area contributed by atoms with Gasteiger partial charge >= 0.3 is 0 Å². The number of H-pyrrole nitrogens is 1. The fourth-order valence-electron chi connectivity index (χ4n) is 3.04. The van der Waals surface area contributed by atoms with Crippen LogP contribution >= 0.6 is 0 Å². The van der Waals surface area contributed by atoms with Crippen LogP contribution in [-0.2, 0) is 17.8 Å². The third-order valence-corrected chi connectivity index (χ3v) is 4.43. The molecule has 0 bridgehead atoms. The number of rotatable bonds is 4. The van der Waals surface area contributed by atoms with Gasteiger partial charge in [0.25, 0.3) is 0 Å². The Kier molecular flexibility index (Phi) is 4.59. The summed E-state index contributed by atoms with van der Waals surface area (Å²) in [4.78, 5) is 21.0. The molecule has 4 rings (SSSR count). The van der Waals surface area contributed by atoms with E-state index in [1.165, 1.54) is 0 Å². The van der Waals surface area contributed by atoms with Gasteiger partial charge in [0, 0.05) is 23.9 Å². The smallest absolute Gasteiger partial charge is 0.223 e. The topological polar surface area (TPSA) is 92.8 Å². The molecular weight excluding hydrogens is 330 g/mol. The molecule has 0 saturated carbocycles. The number of carbonyl (C=O) groups excluding carboxylic acids is 1. The summed E-state index contributed by atoms with van der Waals surface area (Å²) in [5.74, 6) is 1.98. The van der Waals surface area contributed by atoms with Crippen molar-refractivity contribution < 1.29 is 9.53 Å². The van der Waals surface area contributed by atoms with Crippen LogP contribution < -0.4 is 10.1 Å². The number of aromatic nitrogens is 4. The summed E-state index contributed by atoms with van der Waals surface area (Å²) in [6, 6.07) is 11.6. The standard InChI is InChI=1S/C19H19N5O2/c25-19(15-7-10-26-16-4-2-1-3-14(16)11-15)21-12-17-22-18(24-23-17)13-5-8-20-9-6-13/h1-6,8-9,15H,7,10-12H2,(H,21,25)(H,22,23,24)/t15-/m0/s1. The molecule has 3 heterocycles. The average molecular weight is 349 g/mol. The van der Waals surface area contributed by atoms with E-state index in [0.717, 1.165) is 16.9 Å². The van der Waals surface area contributed by atoms with Crippen LogP contribution in [0.2, 0.25) is 0 Å². The molecule has 1 amide bonds. The molecule has 2 aromatic heterocycles. The molecule has 26 heavy (non-hydrogen) atoms. The summed E-state index contributed by atoms with van der Waals surface area (Å²) in [5, 5.41) is 10.0. The van der Waals surface area contributed by atoms with E-state index in [2.05, 4.69) is 25.5 Å². The normalized spacial score (nSPS) is 16.2. The molecule has 3 aromatic rings. The molecule has 0 radical (unpaired) electrons. The Hall–Kier alpha value is -3.22. The van der Waals surface area contributed by atoms with Crippen molar-refractivity contribution in [3.63, 3.8) is 0 Å². The molecule has 0 saturated heterocycles. The van der Waals surface area contributed by atoms with Crippen molar-refractivity contribution in [2.75, 3.05) is 6.61 Å². The lowest BCUT2D eigenvalue weighted by molar-refractivity contribution is -0.125. The fraction of sp³-hybridized carbons (Fsp3) is 0.263. The zero-order valence-corrected chi connectivity index (χ0v) is 14.2. The average Bonchev–Trinajstić information content (AvgIpc) is 3.05. The molecule has 0 spiro atoms. The van der Waals surface area contributed by atoms with Gasteiger partial charge in [0.05, 0.1) is 13.2 Å². The van der Waals surface area contributed by atoms with Gasteiger partial charge in [-0.05, 0) is 36.6 Å². The number of ether oxygens (including phenoxy) is 1. The molecule has 0 aliphatic carbocycles. The van der Waals surface area contributed by atoms with Crippen molar-refractivity contribution in [3.8, 4) is 17.1 Å². The van der Waals surface area contributed by atoms with Crippen molar-refractivity contribution in [2.45, 2.75) is 19.4 Å². The van der Waals surface area contributed by atoms with Gasteiger partial charge < -0.3 is 10.1 Å². The van der Waals surface area contributed by atoms with Crippen molar-refractivity contribution in [1.82, 2.24) is 25.5 Å². The second-order valence-corrected chi connectivity index (χ2v) is 6.21. The van der Waals surface area contributed by atoms with Crippen molar-refractivity contribution >= 4 is 5.91 Å². The second-order valence-electron chi connectivity index (χ2n) is 6.21.